The van der Waals surface area contributed by atoms with Crippen molar-refractivity contribution in [1.29, 1.82) is 0 Å². The summed E-state index contributed by atoms with van der Waals surface area (Å²) in [6.07, 6.45) is 3.12. The first-order valence-corrected chi connectivity index (χ1v) is 9.22. The number of nitrogens with zero attached hydrogens (tertiary/aromatic N) is 2. The number of carbonyl (C=O) groups excluding carboxylic acids is 2. The fraction of sp³-hybridized carbons (Fsp3) is 0.182. The van der Waals surface area contributed by atoms with E-state index in [4.69, 9.17) is 10.8 Å². The number of hydrogen-bond donors (Lipinski definition) is 2. The minimum absolute atomic E-state index is 0.142. The van der Waals surface area contributed by atoms with Gasteiger partial charge in [-0.25, -0.2) is 9.78 Å². The third kappa shape index (κ3) is 4.24. The summed E-state index contributed by atoms with van der Waals surface area (Å²) in [5.41, 5.74) is 8.18. The number of carboxylic acid groups (broad SMARTS) is 1. The Morgan fingerprint density at radius 1 is 1.07 bits per heavy atom. The van der Waals surface area contributed by atoms with Crippen LogP contribution >= 0.6 is 0 Å². The summed E-state index contributed by atoms with van der Waals surface area (Å²) in [4.78, 5) is 39.1. The van der Waals surface area contributed by atoms with Gasteiger partial charge in [0.25, 0.3) is 11.7 Å². The van der Waals surface area contributed by atoms with E-state index < -0.39 is 17.7 Å². The molecule has 29 heavy (non-hydrogen) atoms. The molecule has 0 aliphatic rings. The average molecular weight is 391 g/mol. The molecular formula is C22H21N3O4. The van der Waals surface area contributed by atoms with Gasteiger partial charge in [-0.05, 0) is 23.1 Å². The lowest BCUT2D eigenvalue weighted by molar-refractivity contribution is -0.131. The fourth-order valence-electron chi connectivity index (χ4n) is 3.23. The van der Waals surface area contributed by atoms with Gasteiger partial charge in [0.15, 0.2) is 0 Å². The Balaban J connectivity index is 1.92. The van der Waals surface area contributed by atoms with Gasteiger partial charge in [0.05, 0.1) is 6.20 Å². The van der Waals surface area contributed by atoms with Crippen molar-refractivity contribution in [3.63, 3.8) is 0 Å². The molecule has 1 heterocycles. The monoisotopic (exact) mass is 391 g/mol. The van der Waals surface area contributed by atoms with Crippen LogP contribution in [-0.4, -0.2) is 32.3 Å². The molecule has 0 saturated heterocycles. The van der Waals surface area contributed by atoms with Crippen molar-refractivity contribution in [2.75, 3.05) is 0 Å². The van der Waals surface area contributed by atoms with Crippen LogP contribution < -0.4 is 5.73 Å². The highest BCUT2D eigenvalue weighted by Crippen LogP contribution is 2.25. The number of nitrogens with two attached hydrogens (primary N) is 1. The quantitative estimate of drug-likeness (QED) is 0.452. The van der Waals surface area contributed by atoms with E-state index in [2.05, 4.69) is 4.98 Å². The van der Waals surface area contributed by atoms with Crippen LogP contribution in [0, 0.1) is 0 Å². The van der Waals surface area contributed by atoms with E-state index in [0.717, 1.165) is 29.8 Å². The molecule has 148 valence electrons. The van der Waals surface area contributed by atoms with Crippen LogP contribution in [0.3, 0.4) is 0 Å². The maximum Gasteiger partial charge on any atom is 0.377 e. The number of benzene rings is 2. The Morgan fingerprint density at radius 3 is 2.38 bits per heavy atom. The smallest absolute Gasteiger partial charge is 0.377 e. The van der Waals surface area contributed by atoms with Gasteiger partial charge in [-0.3, -0.25) is 9.59 Å². The van der Waals surface area contributed by atoms with E-state index in [1.165, 1.54) is 12.3 Å². The minimum Gasteiger partial charge on any atom is -0.475 e. The zero-order valence-corrected chi connectivity index (χ0v) is 16.0. The van der Waals surface area contributed by atoms with E-state index in [1.807, 2.05) is 35.8 Å². The van der Waals surface area contributed by atoms with Crippen molar-refractivity contribution in [3.8, 4) is 11.1 Å². The van der Waals surface area contributed by atoms with Crippen LogP contribution in [-0.2, 0) is 17.8 Å². The number of carboxylic acids is 1. The number of aromatic nitrogens is 2. The molecule has 0 atom stereocenters. The molecule has 3 rings (SSSR count). The van der Waals surface area contributed by atoms with Crippen LogP contribution in [0.1, 0.15) is 45.6 Å². The molecule has 0 bridgehead atoms. The summed E-state index contributed by atoms with van der Waals surface area (Å²) in [5.74, 6) is -2.17. The number of primary amides is 1. The Kier molecular flexibility index (Phi) is 5.87. The summed E-state index contributed by atoms with van der Waals surface area (Å²) >= 11 is 0. The first-order chi connectivity index (χ1) is 13.9. The molecule has 1 amide bonds. The number of ketones is 1. The van der Waals surface area contributed by atoms with Gasteiger partial charge in [-0.1, -0.05) is 55.5 Å². The Bertz CT molecular complexity index is 1070. The van der Waals surface area contributed by atoms with Crippen LogP contribution in [0.25, 0.3) is 11.1 Å². The molecule has 3 N–H and O–H groups in total. The Labute approximate surface area is 167 Å². The van der Waals surface area contributed by atoms with Gasteiger partial charge >= 0.3 is 5.97 Å². The number of hydrogen-bond acceptors (Lipinski definition) is 4. The van der Waals surface area contributed by atoms with Gasteiger partial charge in [-0.2, -0.15) is 0 Å². The van der Waals surface area contributed by atoms with Crippen LogP contribution in [0.4, 0.5) is 0 Å². The van der Waals surface area contributed by atoms with Crippen molar-refractivity contribution in [2.45, 2.75) is 26.3 Å². The van der Waals surface area contributed by atoms with Crippen molar-refractivity contribution in [2.24, 2.45) is 5.73 Å². The number of aryl methyl sites for hydroxylation is 1. The molecule has 0 fully saturated rings. The molecule has 7 nitrogen and oxygen atoms in total. The zero-order chi connectivity index (χ0) is 21.0. The maximum atomic E-state index is 12.0. The first-order valence-electron chi connectivity index (χ1n) is 9.22. The number of carbonyl (C=O) groups is 3. The van der Waals surface area contributed by atoms with Crippen molar-refractivity contribution in [3.05, 3.63) is 77.4 Å². The number of aliphatic carboxylic acids is 1. The van der Waals surface area contributed by atoms with Gasteiger partial charge in [0.1, 0.15) is 11.5 Å². The molecule has 0 unspecified atom stereocenters. The highest BCUT2D eigenvalue weighted by atomic mass is 16.4. The number of imidazole rings is 1. The van der Waals surface area contributed by atoms with Gasteiger partial charge in [0, 0.05) is 18.5 Å². The van der Waals surface area contributed by atoms with Gasteiger partial charge in [0.2, 0.25) is 0 Å². The van der Waals surface area contributed by atoms with Gasteiger partial charge < -0.3 is 15.4 Å². The van der Waals surface area contributed by atoms with E-state index in [1.54, 1.807) is 18.2 Å². The van der Waals surface area contributed by atoms with E-state index in [0.29, 0.717) is 17.8 Å². The normalized spacial score (nSPS) is 10.7. The number of rotatable bonds is 8. The molecule has 0 saturated carbocycles. The minimum atomic E-state index is -1.49. The summed E-state index contributed by atoms with van der Waals surface area (Å²) in [6.45, 7) is 2.47. The second-order valence-electron chi connectivity index (χ2n) is 6.64. The lowest BCUT2D eigenvalue weighted by Gasteiger charge is -2.12. The predicted molar refractivity (Wildman–Crippen MR) is 108 cm³/mol. The average Bonchev–Trinajstić information content (AvgIpc) is 3.11. The highest BCUT2D eigenvalue weighted by Gasteiger charge is 2.19. The summed E-state index contributed by atoms with van der Waals surface area (Å²) in [6, 6.07) is 14.0. The molecular weight excluding hydrogens is 370 g/mol. The second kappa shape index (κ2) is 8.52. The van der Waals surface area contributed by atoms with Crippen LogP contribution in [0.15, 0.2) is 54.7 Å². The zero-order valence-electron chi connectivity index (χ0n) is 16.0. The van der Waals surface area contributed by atoms with Crippen molar-refractivity contribution in [1.82, 2.24) is 9.55 Å². The molecule has 7 heteroatoms. The van der Waals surface area contributed by atoms with Crippen LogP contribution in [0.2, 0.25) is 0 Å². The topological polar surface area (TPSA) is 115 Å². The van der Waals surface area contributed by atoms with Gasteiger partial charge in [-0.15, -0.1) is 0 Å². The molecule has 0 radical (unpaired) electrons. The fourth-order valence-corrected chi connectivity index (χ4v) is 3.23. The maximum absolute atomic E-state index is 12.0. The Morgan fingerprint density at radius 2 is 1.76 bits per heavy atom. The third-order valence-electron chi connectivity index (χ3n) is 4.64. The summed E-state index contributed by atoms with van der Waals surface area (Å²) in [7, 11) is 0. The lowest BCUT2D eigenvalue weighted by Crippen LogP contribution is -2.18. The Hall–Kier alpha value is -3.74. The van der Waals surface area contributed by atoms with Crippen molar-refractivity contribution < 1.29 is 19.5 Å². The molecule has 0 aliphatic carbocycles. The summed E-state index contributed by atoms with van der Waals surface area (Å²) < 4.78 is 1.81. The van der Waals surface area contributed by atoms with E-state index in [-0.39, 0.29) is 5.56 Å². The largest absolute Gasteiger partial charge is 0.475 e. The highest BCUT2D eigenvalue weighted by molar-refractivity contribution is 6.41. The summed E-state index contributed by atoms with van der Waals surface area (Å²) in [5, 5.41) is 9.04. The van der Waals surface area contributed by atoms with E-state index >= 15 is 0 Å². The van der Waals surface area contributed by atoms with Crippen molar-refractivity contribution >= 4 is 17.7 Å². The predicted octanol–water partition coefficient (Wildman–Crippen LogP) is 2.92. The lowest BCUT2D eigenvalue weighted by atomic mass is 9.96. The molecule has 0 spiro atoms. The molecule has 1 aromatic heterocycles. The molecule has 3 aromatic rings. The SMILES string of the molecule is CCCc1ncc(C(N)=O)n1Cc1ccc(-c2ccccc2C(=O)C(=O)O)cc1. The number of Topliss-reactive ketones (excluding diaryl/α,β-unsaturated/α-hetero) is 1. The number of amides is 1. The van der Waals surface area contributed by atoms with E-state index in [9.17, 15) is 14.4 Å². The molecule has 0 aliphatic heterocycles. The standard InChI is InChI=1S/C22H21N3O4/c1-2-5-19-24-12-18(21(23)27)25(19)13-14-8-10-15(11-9-14)16-6-3-4-7-17(16)20(26)22(28)29/h3-4,6-12H,2,5,13H2,1H3,(H2,23,27)(H,28,29). The van der Waals surface area contributed by atoms with Crippen LogP contribution in [0.5, 0.6) is 0 Å². The molecule has 2 aromatic carbocycles. The third-order valence-corrected chi connectivity index (χ3v) is 4.64. The second-order valence-corrected chi connectivity index (χ2v) is 6.64. The first kappa shape index (κ1) is 20.0.